The Morgan fingerprint density at radius 3 is 2.64 bits per heavy atom. The number of aromatic nitrogens is 5. The van der Waals surface area contributed by atoms with Crippen molar-refractivity contribution in [3.63, 3.8) is 0 Å². The summed E-state index contributed by atoms with van der Waals surface area (Å²) in [6.07, 6.45) is 3.64. The van der Waals surface area contributed by atoms with Crippen molar-refractivity contribution in [1.29, 1.82) is 0 Å². The van der Waals surface area contributed by atoms with Gasteiger partial charge in [0.1, 0.15) is 0 Å². The minimum atomic E-state index is -0.136. The van der Waals surface area contributed by atoms with E-state index in [0.717, 1.165) is 39.1 Å². The Hall–Kier alpha value is -3.48. The van der Waals surface area contributed by atoms with Crippen molar-refractivity contribution in [2.45, 2.75) is 20.4 Å². The van der Waals surface area contributed by atoms with Crippen LogP contribution in [-0.2, 0) is 20.6 Å². The first-order valence-corrected chi connectivity index (χ1v) is 9.10. The van der Waals surface area contributed by atoms with E-state index in [1.807, 2.05) is 69.2 Å². The molecule has 3 heterocycles. The van der Waals surface area contributed by atoms with Crippen LogP contribution in [0.4, 0.5) is 0 Å². The Morgan fingerprint density at radius 1 is 1.18 bits per heavy atom. The zero-order valence-electron chi connectivity index (χ0n) is 16.4. The van der Waals surface area contributed by atoms with E-state index in [2.05, 4.69) is 15.5 Å². The number of carbonyl (C=O) groups excluding carboxylic acids is 1. The standard InChI is InChI=1S/C21H22N6O/c1-13-20(14(2)27(4)25-13)19-9-17(16-7-5-6-8-18(16)24-19)21(28)22-10-15-11-23-26(3)12-15/h5-9,11-12H,10H2,1-4H3,(H,22,28). The van der Waals surface area contributed by atoms with Gasteiger partial charge in [0.05, 0.1) is 28.7 Å². The van der Waals surface area contributed by atoms with Crippen LogP contribution in [0, 0.1) is 13.8 Å². The van der Waals surface area contributed by atoms with Crippen molar-refractivity contribution in [1.82, 2.24) is 29.9 Å². The van der Waals surface area contributed by atoms with Crippen LogP contribution in [0.5, 0.6) is 0 Å². The molecule has 7 nitrogen and oxygen atoms in total. The maximum Gasteiger partial charge on any atom is 0.252 e. The van der Waals surface area contributed by atoms with Gasteiger partial charge in [-0.25, -0.2) is 4.98 Å². The van der Waals surface area contributed by atoms with Crippen LogP contribution in [0.25, 0.3) is 22.2 Å². The molecular formula is C21H22N6O. The molecule has 0 aliphatic carbocycles. The lowest BCUT2D eigenvalue weighted by atomic mass is 10.0. The number of fused-ring (bicyclic) bond motifs is 1. The van der Waals surface area contributed by atoms with Crippen LogP contribution in [-0.4, -0.2) is 30.5 Å². The molecule has 1 amide bonds. The maximum absolute atomic E-state index is 13.0. The minimum Gasteiger partial charge on any atom is -0.348 e. The Morgan fingerprint density at radius 2 is 1.96 bits per heavy atom. The summed E-state index contributed by atoms with van der Waals surface area (Å²) in [5.74, 6) is -0.136. The van der Waals surface area contributed by atoms with Gasteiger partial charge in [-0.05, 0) is 26.0 Å². The number of aryl methyl sites for hydroxylation is 3. The lowest BCUT2D eigenvalue weighted by Gasteiger charge is -2.10. The number of benzene rings is 1. The normalized spacial score (nSPS) is 11.1. The summed E-state index contributed by atoms with van der Waals surface area (Å²) in [5.41, 5.74) is 5.98. The number of hydrogen-bond donors (Lipinski definition) is 1. The van der Waals surface area contributed by atoms with E-state index < -0.39 is 0 Å². The van der Waals surface area contributed by atoms with Gasteiger partial charge in [0.2, 0.25) is 0 Å². The van der Waals surface area contributed by atoms with Gasteiger partial charge in [0.25, 0.3) is 5.91 Å². The second-order valence-electron chi connectivity index (χ2n) is 6.95. The molecule has 4 aromatic rings. The molecule has 0 saturated heterocycles. The topological polar surface area (TPSA) is 77.6 Å². The fourth-order valence-electron chi connectivity index (χ4n) is 3.48. The molecule has 3 aromatic heterocycles. The molecule has 0 unspecified atom stereocenters. The van der Waals surface area contributed by atoms with Gasteiger partial charge < -0.3 is 5.32 Å². The van der Waals surface area contributed by atoms with E-state index in [-0.39, 0.29) is 5.91 Å². The predicted octanol–water partition coefficient (Wildman–Crippen LogP) is 2.92. The maximum atomic E-state index is 13.0. The first kappa shape index (κ1) is 17.9. The van der Waals surface area contributed by atoms with Gasteiger partial charge >= 0.3 is 0 Å². The number of amides is 1. The number of hydrogen-bond acceptors (Lipinski definition) is 4. The van der Waals surface area contributed by atoms with Crippen molar-refractivity contribution in [2.75, 3.05) is 0 Å². The molecule has 142 valence electrons. The molecule has 1 N–H and O–H groups in total. The fraction of sp³-hybridized carbons (Fsp3) is 0.238. The highest BCUT2D eigenvalue weighted by Crippen LogP contribution is 2.29. The third kappa shape index (κ3) is 3.15. The lowest BCUT2D eigenvalue weighted by Crippen LogP contribution is -2.23. The largest absolute Gasteiger partial charge is 0.348 e. The van der Waals surface area contributed by atoms with Crippen molar-refractivity contribution in [2.24, 2.45) is 14.1 Å². The number of pyridine rings is 1. The molecule has 1 aromatic carbocycles. The van der Waals surface area contributed by atoms with Gasteiger partial charge in [-0.1, -0.05) is 18.2 Å². The second kappa shape index (κ2) is 6.92. The first-order chi connectivity index (χ1) is 13.4. The molecule has 0 fully saturated rings. The summed E-state index contributed by atoms with van der Waals surface area (Å²) < 4.78 is 3.55. The predicted molar refractivity (Wildman–Crippen MR) is 108 cm³/mol. The number of para-hydroxylation sites is 1. The third-order valence-electron chi connectivity index (χ3n) is 4.94. The second-order valence-corrected chi connectivity index (χ2v) is 6.95. The lowest BCUT2D eigenvalue weighted by molar-refractivity contribution is 0.0952. The van der Waals surface area contributed by atoms with Gasteiger partial charge in [-0.3, -0.25) is 14.2 Å². The summed E-state index contributed by atoms with van der Waals surface area (Å²) in [4.78, 5) is 17.8. The van der Waals surface area contributed by atoms with Crippen LogP contribution in [0.2, 0.25) is 0 Å². The molecule has 7 heteroatoms. The molecule has 0 aliphatic rings. The number of carbonyl (C=O) groups is 1. The molecule has 0 saturated carbocycles. The average Bonchev–Trinajstić information content (AvgIpc) is 3.21. The average molecular weight is 374 g/mol. The van der Waals surface area contributed by atoms with E-state index in [0.29, 0.717) is 12.1 Å². The third-order valence-corrected chi connectivity index (χ3v) is 4.94. The summed E-state index contributed by atoms with van der Waals surface area (Å²) >= 11 is 0. The molecule has 4 rings (SSSR count). The van der Waals surface area contributed by atoms with Crippen LogP contribution >= 0.6 is 0 Å². The summed E-state index contributed by atoms with van der Waals surface area (Å²) in [5, 5.41) is 12.4. The van der Waals surface area contributed by atoms with E-state index in [9.17, 15) is 4.79 Å². The van der Waals surface area contributed by atoms with E-state index in [1.54, 1.807) is 10.9 Å². The Labute approximate surface area is 163 Å². The van der Waals surface area contributed by atoms with Crippen molar-refractivity contribution < 1.29 is 4.79 Å². The van der Waals surface area contributed by atoms with Crippen LogP contribution in [0.15, 0.2) is 42.7 Å². The van der Waals surface area contributed by atoms with Crippen molar-refractivity contribution >= 4 is 16.8 Å². The number of nitrogens with one attached hydrogen (secondary N) is 1. The van der Waals surface area contributed by atoms with Gasteiger partial charge in [0, 0.05) is 49.0 Å². The molecule has 28 heavy (non-hydrogen) atoms. The minimum absolute atomic E-state index is 0.136. The summed E-state index contributed by atoms with van der Waals surface area (Å²) in [7, 11) is 3.76. The highest BCUT2D eigenvalue weighted by molar-refractivity contribution is 6.07. The zero-order valence-corrected chi connectivity index (χ0v) is 16.4. The SMILES string of the molecule is Cc1nn(C)c(C)c1-c1cc(C(=O)NCc2cnn(C)c2)c2ccccc2n1. The highest BCUT2D eigenvalue weighted by atomic mass is 16.1. The summed E-state index contributed by atoms with van der Waals surface area (Å²) in [6.45, 7) is 4.39. The fourth-order valence-corrected chi connectivity index (χ4v) is 3.48. The molecular weight excluding hydrogens is 352 g/mol. The van der Waals surface area contributed by atoms with E-state index >= 15 is 0 Å². The molecule has 0 bridgehead atoms. The Balaban J connectivity index is 1.77. The number of nitrogens with zero attached hydrogens (tertiary/aromatic N) is 5. The molecule has 0 atom stereocenters. The summed E-state index contributed by atoms with van der Waals surface area (Å²) in [6, 6.07) is 9.56. The quantitative estimate of drug-likeness (QED) is 0.596. The van der Waals surface area contributed by atoms with E-state index in [1.165, 1.54) is 0 Å². The zero-order chi connectivity index (χ0) is 19.8. The highest BCUT2D eigenvalue weighted by Gasteiger charge is 2.18. The Bertz CT molecular complexity index is 1190. The van der Waals surface area contributed by atoms with Crippen LogP contribution < -0.4 is 5.32 Å². The van der Waals surface area contributed by atoms with Crippen molar-refractivity contribution in [3.05, 3.63) is 65.2 Å². The smallest absolute Gasteiger partial charge is 0.252 e. The van der Waals surface area contributed by atoms with Gasteiger partial charge in [0.15, 0.2) is 0 Å². The van der Waals surface area contributed by atoms with Crippen LogP contribution in [0.1, 0.15) is 27.3 Å². The van der Waals surface area contributed by atoms with Gasteiger partial charge in [-0.2, -0.15) is 10.2 Å². The number of rotatable bonds is 4. The Kier molecular flexibility index (Phi) is 4.43. The van der Waals surface area contributed by atoms with Crippen LogP contribution in [0.3, 0.4) is 0 Å². The van der Waals surface area contributed by atoms with Gasteiger partial charge in [-0.15, -0.1) is 0 Å². The first-order valence-electron chi connectivity index (χ1n) is 9.10. The van der Waals surface area contributed by atoms with Crippen molar-refractivity contribution in [3.8, 4) is 11.3 Å². The molecule has 0 radical (unpaired) electrons. The van der Waals surface area contributed by atoms with E-state index in [4.69, 9.17) is 4.98 Å². The molecule has 0 aliphatic heterocycles. The molecule has 0 spiro atoms. The monoisotopic (exact) mass is 374 g/mol.